The van der Waals surface area contributed by atoms with Gasteiger partial charge in [-0.05, 0) is 48.8 Å². The van der Waals surface area contributed by atoms with E-state index in [4.69, 9.17) is 16.6 Å². The number of furan rings is 1. The number of hydrazine groups is 1. The SMILES string of the molecule is CC(C)CCNC(=S)NNC(=O)c1ccc(-c2ccccc2F)o1. The number of benzene rings is 1. The molecule has 2 aromatic rings. The summed E-state index contributed by atoms with van der Waals surface area (Å²) in [5.74, 6) is 0.00879. The minimum atomic E-state index is -0.495. The second-order valence-electron chi connectivity index (χ2n) is 5.66. The first kappa shape index (κ1) is 17.9. The summed E-state index contributed by atoms with van der Waals surface area (Å²) in [4.78, 5) is 12.0. The lowest BCUT2D eigenvalue weighted by Gasteiger charge is -2.11. The molecule has 1 aromatic carbocycles. The Morgan fingerprint density at radius 1 is 1.21 bits per heavy atom. The fraction of sp³-hybridized carbons (Fsp3) is 0.294. The van der Waals surface area contributed by atoms with Gasteiger partial charge in [-0.25, -0.2) is 4.39 Å². The molecule has 7 heteroatoms. The highest BCUT2D eigenvalue weighted by atomic mass is 32.1. The van der Waals surface area contributed by atoms with E-state index in [2.05, 4.69) is 30.0 Å². The Bertz CT molecular complexity index is 715. The van der Waals surface area contributed by atoms with Crippen LogP contribution >= 0.6 is 12.2 Å². The molecule has 0 unspecified atom stereocenters. The number of carbonyl (C=O) groups excluding carboxylic acids is 1. The zero-order valence-electron chi connectivity index (χ0n) is 13.6. The molecule has 0 aliphatic rings. The van der Waals surface area contributed by atoms with Crippen molar-refractivity contribution in [3.8, 4) is 11.3 Å². The molecule has 5 nitrogen and oxygen atoms in total. The number of carbonyl (C=O) groups is 1. The van der Waals surface area contributed by atoms with Crippen LogP contribution in [0.3, 0.4) is 0 Å². The van der Waals surface area contributed by atoms with Crippen LogP contribution in [0.4, 0.5) is 4.39 Å². The van der Waals surface area contributed by atoms with E-state index in [9.17, 15) is 9.18 Å². The molecule has 0 spiro atoms. The van der Waals surface area contributed by atoms with Gasteiger partial charge in [0.05, 0.1) is 5.56 Å². The molecule has 0 fully saturated rings. The fourth-order valence-electron chi connectivity index (χ4n) is 1.96. The van der Waals surface area contributed by atoms with Gasteiger partial charge in [0, 0.05) is 6.54 Å². The van der Waals surface area contributed by atoms with Crippen molar-refractivity contribution in [2.75, 3.05) is 6.54 Å². The molecule has 0 atom stereocenters. The molecule has 1 aromatic heterocycles. The summed E-state index contributed by atoms with van der Waals surface area (Å²) in [5.41, 5.74) is 5.34. The number of amides is 1. The van der Waals surface area contributed by atoms with Crippen LogP contribution in [0.15, 0.2) is 40.8 Å². The topological polar surface area (TPSA) is 66.3 Å². The van der Waals surface area contributed by atoms with Crippen molar-refractivity contribution in [3.05, 3.63) is 48.0 Å². The third-order valence-corrected chi connectivity index (χ3v) is 3.51. The third kappa shape index (κ3) is 5.06. The number of halogens is 1. The van der Waals surface area contributed by atoms with E-state index in [1.54, 1.807) is 24.3 Å². The number of hydrogen-bond donors (Lipinski definition) is 3. The molecule has 0 radical (unpaired) electrons. The van der Waals surface area contributed by atoms with Gasteiger partial charge in [0.15, 0.2) is 10.9 Å². The lowest BCUT2D eigenvalue weighted by atomic mass is 10.1. The lowest BCUT2D eigenvalue weighted by molar-refractivity contribution is 0.0916. The van der Waals surface area contributed by atoms with Crippen molar-refractivity contribution in [2.45, 2.75) is 20.3 Å². The van der Waals surface area contributed by atoms with Gasteiger partial charge < -0.3 is 9.73 Å². The van der Waals surface area contributed by atoms with E-state index in [0.29, 0.717) is 16.6 Å². The van der Waals surface area contributed by atoms with Crippen LogP contribution in [0.2, 0.25) is 0 Å². The first-order valence-corrected chi connectivity index (χ1v) is 8.07. The molecule has 0 aliphatic heterocycles. The van der Waals surface area contributed by atoms with Crippen LogP contribution in [0.1, 0.15) is 30.8 Å². The fourth-order valence-corrected chi connectivity index (χ4v) is 2.11. The van der Waals surface area contributed by atoms with Crippen LogP contribution in [0.25, 0.3) is 11.3 Å². The van der Waals surface area contributed by atoms with Gasteiger partial charge in [0.1, 0.15) is 11.6 Å². The standard InChI is InChI=1S/C17H20FN3O2S/c1-11(2)9-10-19-17(24)21-20-16(22)15-8-7-14(23-15)12-5-3-4-6-13(12)18/h3-8,11H,9-10H2,1-2H3,(H,20,22)(H2,19,21,24). The van der Waals surface area contributed by atoms with Crippen LogP contribution < -0.4 is 16.2 Å². The molecule has 0 bridgehead atoms. The number of hydrogen-bond acceptors (Lipinski definition) is 3. The van der Waals surface area contributed by atoms with Crippen molar-refractivity contribution in [3.63, 3.8) is 0 Å². The zero-order chi connectivity index (χ0) is 17.5. The first-order chi connectivity index (χ1) is 11.5. The Hall–Kier alpha value is -2.41. The molecule has 128 valence electrons. The van der Waals surface area contributed by atoms with E-state index >= 15 is 0 Å². The summed E-state index contributed by atoms with van der Waals surface area (Å²) in [6.07, 6.45) is 0.972. The molecule has 24 heavy (non-hydrogen) atoms. The van der Waals surface area contributed by atoms with E-state index in [1.165, 1.54) is 12.1 Å². The second kappa shape index (κ2) is 8.44. The van der Waals surface area contributed by atoms with Gasteiger partial charge in [-0.1, -0.05) is 26.0 Å². The average molecular weight is 349 g/mol. The summed E-state index contributed by atoms with van der Waals surface area (Å²) >= 11 is 5.06. The largest absolute Gasteiger partial charge is 0.451 e. The average Bonchev–Trinajstić information content (AvgIpc) is 3.02. The van der Waals surface area contributed by atoms with Crippen molar-refractivity contribution >= 4 is 23.2 Å². The van der Waals surface area contributed by atoms with Gasteiger partial charge in [0.2, 0.25) is 0 Å². The predicted octanol–water partition coefficient (Wildman–Crippen LogP) is 3.24. The molecule has 0 saturated carbocycles. The first-order valence-electron chi connectivity index (χ1n) is 7.66. The van der Waals surface area contributed by atoms with E-state index in [0.717, 1.165) is 13.0 Å². The molecule has 1 amide bonds. The van der Waals surface area contributed by atoms with Gasteiger partial charge in [-0.3, -0.25) is 15.6 Å². The van der Waals surface area contributed by atoms with Crippen LogP contribution in [-0.2, 0) is 0 Å². The van der Waals surface area contributed by atoms with Crippen molar-refractivity contribution in [1.29, 1.82) is 0 Å². The Morgan fingerprint density at radius 2 is 1.96 bits per heavy atom. The van der Waals surface area contributed by atoms with E-state index in [-0.39, 0.29) is 11.5 Å². The van der Waals surface area contributed by atoms with Crippen LogP contribution in [-0.4, -0.2) is 17.6 Å². The Balaban J connectivity index is 1.88. The van der Waals surface area contributed by atoms with Crippen molar-refractivity contribution < 1.29 is 13.6 Å². The van der Waals surface area contributed by atoms with Crippen molar-refractivity contribution in [2.24, 2.45) is 5.92 Å². The second-order valence-corrected chi connectivity index (χ2v) is 6.07. The highest BCUT2D eigenvalue weighted by Crippen LogP contribution is 2.24. The van der Waals surface area contributed by atoms with E-state index < -0.39 is 11.7 Å². The Kier molecular flexibility index (Phi) is 6.31. The zero-order valence-corrected chi connectivity index (χ0v) is 14.4. The summed E-state index contributed by atoms with van der Waals surface area (Å²) < 4.78 is 19.1. The molecule has 1 heterocycles. The maximum absolute atomic E-state index is 13.7. The summed E-state index contributed by atoms with van der Waals surface area (Å²) in [5, 5.41) is 3.31. The molecule has 0 saturated heterocycles. The molecule has 0 aliphatic carbocycles. The highest BCUT2D eigenvalue weighted by molar-refractivity contribution is 7.80. The predicted molar refractivity (Wildman–Crippen MR) is 94.8 cm³/mol. The van der Waals surface area contributed by atoms with Gasteiger partial charge in [0.25, 0.3) is 0 Å². The number of nitrogens with one attached hydrogen (secondary N) is 3. The van der Waals surface area contributed by atoms with E-state index in [1.807, 2.05) is 0 Å². The normalized spacial score (nSPS) is 10.5. The van der Waals surface area contributed by atoms with Crippen LogP contribution in [0, 0.1) is 11.7 Å². The maximum atomic E-state index is 13.7. The number of rotatable bonds is 5. The molecular formula is C17H20FN3O2S. The molecule has 3 N–H and O–H groups in total. The van der Waals surface area contributed by atoms with Crippen molar-refractivity contribution in [1.82, 2.24) is 16.2 Å². The minimum absolute atomic E-state index is 0.0609. The summed E-state index contributed by atoms with van der Waals surface area (Å²) in [7, 11) is 0. The quantitative estimate of drug-likeness (QED) is 0.571. The summed E-state index contributed by atoms with van der Waals surface area (Å²) in [6, 6.07) is 9.24. The molecular weight excluding hydrogens is 329 g/mol. The number of thiocarbonyl (C=S) groups is 1. The van der Waals surface area contributed by atoms with Crippen LogP contribution in [0.5, 0.6) is 0 Å². The monoisotopic (exact) mass is 349 g/mol. The highest BCUT2D eigenvalue weighted by Gasteiger charge is 2.14. The minimum Gasteiger partial charge on any atom is -0.451 e. The maximum Gasteiger partial charge on any atom is 0.305 e. The van der Waals surface area contributed by atoms with Gasteiger partial charge >= 0.3 is 5.91 Å². The Labute approximate surface area is 145 Å². The van der Waals surface area contributed by atoms with Gasteiger partial charge in [-0.2, -0.15) is 0 Å². The lowest BCUT2D eigenvalue weighted by Crippen LogP contribution is -2.47. The Morgan fingerprint density at radius 3 is 2.67 bits per heavy atom. The summed E-state index contributed by atoms with van der Waals surface area (Å²) in [6.45, 7) is 4.95. The third-order valence-electron chi connectivity index (χ3n) is 3.27. The smallest absolute Gasteiger partial charge is 0.305 e. The van der Waals surface area contributed by atoms with Gasteiger partial charge in [-0.15, -0.1) is 0 Å². The molecule has 2 rings (SSSR count).